The molecule has 2 amide bonds. The van der Waals surface area contributed by atoms with Gasteiger partial charge in [0.15, 0.2) is 0 Å². The average molecular weight is 522 g/mol. The lowest BCUT2D eigenvalue weighted by atomic mass is 10.1. The number of piperazine rings is 1. The van der Waals surface area contributed by atoms with Crippen LogP contribution in [0.25, 0.3) is 0 Å². The van der Waals surface area contributed by atoms with Crippen LogP contribution in [0, 0.1) is 0 Å². The van der Waals surface area contributed by atoms with E-state index in [1.807, 2.05) is 48.2 Å². The van der Waals surface area contributed by atoms with Gasteiger partial charge in [0.05, 0.1) is 18.8 Å². The van der Waals surface area contributed by atoms with Gasteiger partial charge in [-0.2, -0.15) is 0 Å². The Morgan fingerprint density at radius 2 is 1.73 bits per heavy atom. The minimum atomic E-state index is -0.189. The summed E-state index contributed by atoms with van der Waals surface area (Å²) in [7, 11) is 1.55. The highest BCUT2D eigenvalue weighted by Gasteiger charge is 2.25. The first-order valence-electron chi connectivity index (χ1n) is 12.4. The summed E-state index contributed by atoms with van der Waals surface area (Å²) >= 11 is 6.10. The van der Waals surface area contributed by atoms with Crippen LogP contribution in [0.5, 0.6) is 11.5 Å². The van der Waals surface area contributed by atoms with E-state index in [1.165, 1.54) is 0 Å². The Morgan fingerprint density at radius 1 is 1.00 bits per heavy atom. The van der Waals surface area contributed by atoms with Gasteiger partial charge in [0.25, 0.3) is 11.8 Å². The van der Waals surface area contributed by atoms with Crippen LogP contribution in [0.15, 0.2) is 66.7 Å². The number of rotatable bonds is 8. The molecule has 0 radical (unpaired) electrons. The fourth-order valence-electron chi connectivity index (χ4n) is 4.17. The van der Waals surface area contributed by atoms with Crippen LogP contribution in [-0.4, -0.2) is 56.1 Å². The highest BCUT2D eigenvalue weighted by Crippen LogP contribution is 2.26. The largest absolute Gasteiger partial charge is 0.496 e. The predicted octanol–water partition coefficient (Wildman–Crippen LogP) is 5.74. The van der Waals surface area contributed by atoms with E-state index < -0.39 is 0 Å². The zero-order valence-electron chi connectivity index (χ0n) is 21.4. The van der Waals surface area contributed by atoms with Gasteiger partial charge < -0.3 is 24.6 Å². The summed E-state index contributed by atoms with van der Waals surface area (Å²) in [6.45, 7) is 6.63. The molecule has 3 aromatic rings. The van der Waals surface area contributed by atoms with Crippen molar-refractivity contribution < 1.29 is 19.1 Å². The maximum atomic E-state index is 13.0. The van der Waals surface area contributed by atoms with Crippen molar-refractivity contribution in [2.75, 3.05) is 43.5 Å². The minimum absolute atomic E-state index is 0.0873. The topological polar surface area (TPSA) is 71.1 Å². The Bertz CT molecular complexity index is 1240. The normalized spacial score (nSPS) is 14.2. The molecule has 1 fully saturated rings. The Labute approximate surface area is 222 Å². The molecule has 1 N–H and O–H groups in total. The molecular formula is C29H32ClN3O4. The third-order valence-electron chi connectivity index (χ3n) is 6.46. The van der Waals surface area contributed by atoms with Crippen molar-refractivity contribution in [2.45, 2.75) is 26.4 Å². The molecule has 1 saturated heterocycles. The van der Waals surface area contributed by atoms with Crippen molar-refractivity contribution in [3.05, 3.63) is 82.9 Å². The number of carbonyl (C=O) groups excluding carboxylic acids is 2. The number of nitrogens with zero attached hydrogens (tertiary/aromatic N) is 2. The molecule has 8 heteroatoms. The minimum Gasteiger partial charge on any atom is -0.496 e. The van der Waals surface area contributed by atoms with E-state index in [9.17, 15) is 9.59 Å². The summed E-state index contributed by atoms with van der Waals surface area (Å²) < 4.78 is 11.2. The standard InChI is InChI=1S/C29H32ClN3O4/c1-4-20(2)37-25-7-5-6-21(18-25)28(34)31-23-9-11-24(12-10-23)32-14-16-33(17-15-32)29(35)26-19-22(30)8-13-27(26)36-3/h5-13,18-20H,4,14-17H2,1-3H3,(H,31,34)/t20-/m0/s1. The summed E-state index contributed by atoms with van der Waals surface area (Å²) in [4.78, 5) is 29.8. The van der Waals surface area contributed by atoms with E-state index in [-0.39, 0.29) is 17.9 Å². The van der Waals surface area contributed by atoms with E-state index in [0.717, 1.165) is 12.1 Å². The summed E-state index contributed by atoms with van der Waals surface area (Å²) in [5, 5.41) is 3.45. The first-order chi connectivity index (χ1) is 17.9. The molecule has 0 aliphatic carbocycles. The fourth-order valence-corrected chi connectivity index (χ4v) is 4.34. The lowest BCUT2D eigenvalue weighted by molar-refractivity contribution is 0.0743. The first kappa shape index (κ1) is 26.4. The lowest BCUT2D eigenvalue weighted by Crippen LogP contribution is -2.48. The molecule has 4 rings (SSSR count). The molecule has 1 aliphatic rings. The van der Waals surface area contributed by atoms with E-state index >= 15 is 0 Å². The second kappa shape index (κ2) is 12.0. The third kappa shape index (κ3) is 6.54. The lowest BCUT2D eigenvalue weighted by Gasteiger charge is -2.36. The number of nitrogens with one attached hydrogen (secondary N) is 1. The highest BCUT2D eigenvalue weighted by molar-refractivity contribution is 6.31. The van der Waals surface area contributed by atoms with Gasteiger partial charge in [-0.25, -0.2) is 0 Å². The van der Waals surface area contributed by atoms with E-state index in [4.69, 9.17) is 21.1 Å². The number of benzene rings is 3. The van der Waals surface area contributed by atoms with Gasteiger partial charge in [0.1, 0.15) is 11.5 Å². The molecule has 0 unspecified atom stereocenters. The van der Waals surface area contributed by atoms with Crippen LogP contribution in [0.3, 0.4) is 0 Å². The van der Waals surface area contributed by atoms with Crippen molar-refractivity contribution in [1.82, 2.24) is 4.90 Å². The van der Waals surface area contributed by atoms with Crippen LogP contribution < -0.4 is 19.7 Å². The number of hydrogen-bond acceptors (Lipinski definition) is 5. The van der Waals surface area contributed by atoms with E-state index in [0.29, 0.717) is 59.5 Å². The van der Waals surface area contributed by atoms with Gasteiger partial charge in [-0.3, -0.25) is 9.59 Å². The van der Waals surface area contributed by atoms with Crippen molar-refractivity contribution in [1.29, 1.82) is 0 Å². The van der Waals surface area contributed by atoms with Crippen LogP contribution in [0.2, 0.25) is 5.02 Å². The van der Waals surface area contributed by atoms with E-state index in [1.54, 1.807) is 37.4 Å². The van der Waals surface area contributed by atoms with Crippen molar-refractivity contribution >= 4 is 34.8 Å². The first-order valence-corrected chi connectivity index (χ1v) is 12.8. The number of carbonyl (C=O) groups is 2. The quantitative estimate of drug-likeness (QED) is 0.409. The fraction of sp³-hybridized carbons (Fsp3) is 0.310. The molecule has 7 nitrogen and oxygen atoms in total. The monoisotopic (exact) mass is 521 g/mol. The van der Waals surface area contributed by atoms with Crippen molar-refractivity contribution in [3.63, 3.8) is 0 Å². The van der Waals surface area contributed by atoms with Gasteiger partial charge in [0.2, 0.25) is 0 Å². The van der Waals surface area contributed by atoms with E-state index in [2.05, 4.69) is 17.1 Å². The number of anilines is 2. The van der Waals surface area contributed by atoms with Gasteiger partial charge in [0, 0.05) is 48.1 Å². The number of halogens is 1. The average Bonchev–Trinajstić information content (AvgIpc) is 2.93. The molecule has 1 atom stereocenters. The van der Waals surface area contributed by atoms with Crippen LogP contribution in [-0.2, 0) is 0 Å². The number of ether oxygens (including phenoxy) is 2. The van der Waals surface area contributed by atoms with Crippen LogP contribution in [0.1, 0.15) is 41.0 Å². The van der Waals surface area contributed by atoms with Gasteiger partial charge in [-0.05, 0) is 74.0 Å². The highest BCUT2D eigenvalue weighted by atomic mass is 35.5. The SMILES string of the molecule is CC[C@H](C)Oc1cccc(C(=O)Nc2ccc(N3CCN(C(=O)c4cc(Cl)ccc4OC)CC3)cc2)c1. The van der Waals surface area contributed by atoms with Crippen molar-refractivity contribution in [2.24, 2.45) is 0 Å². The molecule has 3 aromatic carbocycles. The van der Waals surface area contributed by atoms with Gasteiger partial charge in [-0.1, -0.05) is 24.6 Å². The number of amides is 2. The van der Waals surface area contributed by atoms with Crippen LogP contribution in [0.4, 0.5) is 11.4 Å². The smallest absolute Gasteiger partial charge is 0.257 e. The Hall–Kier alpha value is -3.71. The third-order valence-corrected chi connectivity index (χ3v) is 6.69. The zero-order chi connectivity index (χ0) is 26.4. The Balaban J connectivity index is 1.34. The molecule has 0 saturated carbocycles. The van der Waals surface area contributed by atoms with Crippen molar-refractivity contribution in [3.8, 4) is 11.5 Å². The molecule has 1 aliphatic heterocycles. The Kier molecular flexibility index (Phi) is 8.56. The molecule has 0 bridgehead atoms. The summed E-state index contributed by atoms with van der Waals surface area (Å²) in [5.74, 6) is 0.926. The summed E-state index contributed by atoms with van der Waals surface area (Å²) in [6.07, 6.45) is 0.982. The number of methoxy groups -OCH3 is 1. The second-order valence-electron chi connectivity index (χ2n) is 8.99. The predicted molar refractivity (Wildman–Crippen MR) is 147 cm³/mol. The second-order valence-corrected chi connectivity index (χ2v) is 9.43. The molecular weight excluding hydrogens is 490 g/mol. The number of hydrogen-bond donors (Lipinski definition) is 1. The Morgan fingerprint density at radius 3 is 2.41 bits per heavy atom. The van der Waals surface area contributed by atoms with Gasteiger partial charge in [-0.15, -0.1) is 0 Å². The molecule has 0 spiro atoms. The van der Waals surface area contributed by atoms with Gasteiger partial charge >= 0.3 is 0 Å². The zero-order valence-corrected chi connectivity index (χ0v) is 22.1. The molecule has 1 heterocycles. The maximum Gasteiger partial charge on any atom is 0.257 e. The molecule has 194 valence electrons. The molecule has 37 heavy (non-hydrogen) atoms. The molecule has 0 aromatic heterocycles. The maximum absolute atomic E-state index is 13.0. The summed E-state index contributed by atoms with van der Waals surface area (Å²) in [6, 6.07) is 20.0. The van der Waals surface area contributed by atoms with Crippen LogP contribution >= 0.6 is 11.6 Å². The summed E-state index contributed by atoms with van der Waals surface area (Å²) in [5.41, 5.74) is 2.76.